The van der Waals surface area contributed by atoms with Gasteiger partial charge in [0.15, 0.2) is 0 Å². The molecule has 0 spiro atoms. The van der Waals surface area contributed by atoms with Crippen LogP contribution in [0.2, 0.25) is 0 Å². The summed E-state index contributed by atoms with van der Waals surface area (Å²) in [5.41, 5.74) is 1.91. The molecule has 0 unspecified atom stereocenters. The van der Waals surface area contributed by atoms with E-state index in [0.717, 1.165) is 23.9 Å². The van der Waals surface area contributed by atoms with Crippen LogP contribution in [0.4, 0.5) is 0 Å². The normalized spacial score (nSPS) is 22.4. The van der Waals surface area contributed by atoms with Crippen molar-refractivity contribution in [3.8, 4) is 0 Å². The highest BCUT2D eigenvalue weighted by Gasteiger charge is 2.38. The predicted molar refractivity (Wildman–Crippen MR) is 141 cm³/mol. The summed E-state index contributed by atoms with van der Waals surface area (Å²) in [4.78, 5) is 35.8. The average molecular weight is 527 g/mol. The van der Waals surface area contributed by atoms with Gasteiger partial charge in [0.25, 0.3) is 5.91 Å². The van der Waals surface area contributed by atoms with Crippen LogP contribution in [-0.4, -0.2) is 83.1 Å². The molecule has 8 nitrogen and oxygen atoms in total. The lowest BCUT2D eigenvalue weighted by atomic mass is 9.92. The summed E-state index contributed by atoms with van der Waals surface area (Å²) < 4.78 is 7.56. The molecule has 2 aliphatic heterocycles. The standard InChI is InChI=1S/C25H35N5O3.2ClH/c1-17(2)16-29(20-13-18(14-26-15-20)24(31)28-9-11-33-12-10-28)25(32)23-27-21-5-3-4-6-22(21)30(23)19-7-8-19;;/h3-6,17-20,26H,7-16H2,1-2H3;2*1H/t18-,20+;;/m1../s1. The van der Waals surface area contributed by atoms with Gasteiger partial charge in [-0.15, -0.1) is 24.8 Å². The molecule has 194 valence electrons. The second-order valence-corrected chi connectivity index (χ2v) is 10.1. The smallest absolute Gasteiger partial charge is 0.290 e. The Morgan fingerprint density at radius 2 is 1.86 bits per heavy atom. The number of rotatable bonds is 6. The van der Waals surface area contributed by atoms with Crippen molar-refractivity contribution in [2.24, 2.45) is 11.8 Å². The van der Waals surface area contributed by atoms with E-state index in [1.807, 2.05) is 28.0 Å². The highest BCUT2D eigenvalue weighted by atomic mass is 35.5. The van der Waals surface area contributed by atoms with E-state index in [9.17, 15) is 9.59 Å². The van der Waals surface area contributed by atoms with Crippen LogP contribution in [0.15, 0.2) is 24.3 Å². The van der Waals surface area contributed by atoms with Gasteiger partial charge in [0.2, 0.25) is 11.7 Å². The quantitative estimate of drug-likeness (QED) is 0.626. The number of hydrogen-bond acceptors (Lipinski definition) is 5. The van der Waals surface area contributed by atoms with Crippen molar-refractivity contribution in [2.45, 2.75) is 45.2 Å². The zero-order valence-corrected chi connectivity index (χ0v) is 22.2. The van der Waals surface area contributed by atoms with Crippen LogP contribution in [0.5, 0.6) is 0 Å². The third kappa shape index (κ3) is 5.93. The number of ether oxygens (including phenoxy) is 1. The largest absolute Gasteiger partial charge is 0.378 e. The summed E-state index contributed by atoms with van der Waals surface area (Å²) in [6, 6.07) is 8.35. The molecule has 1 saturated carbocycles. The first kappa shape index (κ1) is 27.7. The second-order valence-electron chi connectivity index (χ2n) is 10.1. The number of para-hydroxylation sites is 2. The maximum absolute atomic E-state index is 14.0. The highest BCUT2D eigenvalue weighted by molar-refractivity contribution is 5.95. The number of halogens is 2. The fourth-order valence-electron chi connectivity index (χ4n) is 5.20. The maximum atomic E-state index is 14.0. The molecule has 0 radical (unpaired) electrons. The molecule has 0 bridgehead atoms. The monoisotopic (exact) mass is 525 g/mol. The van der Waals surface area contributed by atoms with Crippen LogP contribution in [0.3, 0.4) is 0 Å². The minimum atomic E-state index is -0.119. The molecule has 5 rings (SSSR count). The summed E-state index contributed by atoms with van der Waals surface area (Å²) >= 11 is 0. The molecule has 2 amide bonds. The molecule has 1 aromatic carbocycles. The van der Waals surface area contributed by atoms with Gasteiger partial charge in [-0.2, -0.15) is 0 Å². The Morgan fingerprint density at radius 3 is 2.54 bits per heavy atom. The SMILES string of the molecule is CC(C)CN(C(=O)c1nc2ccccc2n1C1CC1)[C@@H]1CNC[C@H](C(=O)N2CCOCC2)C1.Cl.Cl. The molecule has 3 heterocycles. The zero-order chi connectivity index (χ0) is 22.9. The number of carbonyl (C=O) groups excluding carboxylic acids is 2. The van der Waals surface area contributed by atoms with Crippen molar-refractivity contribution in [3.05, 3.63) is 30.1 Å². The number of piperidine rings is 1. The number of morpholine rings is 1. The Labute approximate surface area is 219 Å². The number of carbonyl (C=O) groups is 2. The highest BCUT2D eigenvalue weighted by Crippen LogP contribution is 2.39. The molecule has 1 aromatic heterocycles. The molecule has 3 aliphatic rings. The Kier molecular flexibility index (Phi) is 9.43. The number of nitrogens with one attached hydrogen (secondary N) is 1. The molecular weight excluding hydrogens is 489 g/mol. The number of imidazole rings is 1. The maximum Gasteiger partial charge on any atom is 0.290 e. The summed E-state index contributed by atoms with van der Waals surface area (Å²) in [5.74, 6) is 0.909. The van der Waals surface area contributed by atoms with E-state index in [1.165, 1.54) is 0 Å². The lowest BCUT2D eigenvalue weighted by Gasteiger charge is -2.40. The van der Waals surface area contributed by atoms with E-state index < -0.39 is 0 Å². The van der Waals surface area contributed by atoms with Crippen molar-refractivity contribution in [2.75, 3.05) is 45.9 Å². The van der Waals surface area contributed by atoms with Gasteiger partial charge >= 0.3 is 0 Å². The molecule has 10 heteroatoms. The third-order valence-corrected chi connectivity index (χ3v) is 6.96. The van der Waals surface area contributed by atoms with Crippen LogP contribution >= 0.6 is 24.8 Å². The van der Waals surface area contributed by atoms with Gasteiger partial charge < -0.3 is 24.4 Å². The van der Waals surface area contributed by atoms with Crippen LogP contribution in [0.25, 0.3) is 11.0 Å². The Hall–Kier alpha value is -1.87. The molecule has 1 aliphatic carbocycles. The second kappa shape index (κ2) is 11.9. The number of aromatic nitrogens is 2. The summed E-state index contributed by atoms with van der Waals surface area (Å²) in [6.07, 6.45) is 2.86. The minimum Gasteiger partial charge on any atom is -0.378 e. The summed E-state index contributed by atoms with van der Waals surface area (Å²) in [6.45, 7) is 8.80. The van der Waals surface area contributed by atoms with Gasteiger partial charge in [0, 0.05) is 44.8 Å². The van der Waals surface area contributed by atoms with Crippen LogP contribution in [0, 0.1) is 11.8 Å². The van der Waals surface area contributed by atoms with Gasteiger partial charge in [-0.1, -0.05) is 26.0 Å². The molecular formula is C25H37Cl2N5O3. The lowest BCUT2D eigenvalue weighted by Crippen LogP contribution is -2.56. The van der Waals surface area contributed by atoms with E-state index >= 15 is 0 Å². The fourth-order valence-corrected chi connectivity index (χ4v) is 5.20. The van der Waals surface area contributed by atoms with Crippen molar-refractivity contribution in [3.63, 3.8) is 0 Å². The van der Waals surface area contributed by atoms with Crippen LogP contribution in [-0.2, 0) is 9.53 Å². The van der Waals surface area contributed by atoms with Crippen LogP contribution < -0.4 is 5.32 Å². The van der Waals surface area contributed by atoms with Gasteiger partial charge in [0.05, 0.1) is 30.2 Å². The predicted octanol–water partition coefficient (Wildman–Crippen LogP) is 3.15. The number of benzene rings is 1. The Balaban J connectivity index is 0.00000171. The zero-order valence-electron chi connectivity index (χ0n) is 20.5. The van der Waals surface area contributed by atoms with Gasteiger partial charge in [-0.3, -0.25) is 9.59 Å². The third-order valence-electron chi connectivity index (χ3n) is 6.96. The van der Waals surface area contributed by atoms with E-state index in [0.29, 0.717) is 70.1 Å². The average Bonchev–Trinajstić information content (AvgIpc) is 3.61. The van der Waals surface area contributed by atoms with E-state index in [2.05, 4.69) is 29.8 Å². The first-order chi connectivity index (χ1) is 16.0. The number of amides is 2. The van der Waals surface area contributed by atoms with Crippen LogP contribution in [0.1, 0.15) is 49.8 Å². The Bertz CT molecular complexity index is 1020. The number of hydrogen-bond donors (Lipinski definition) is 1. The van der Waals surface area contributed by atoms with E-state index in [1.54, 1.807) is 0 Å². The van der Waals surface area contributed by atoms with Gasteiger partial charge in [-0.25, -0.2) is 4.98 Å². The van der Waals surface area contributed by atoms with E-state index in [-0.39, 0.29) is 48.6 Å². The topological polar surface area (TPSA) is 79.7 Å². The molecule has 3 fully saturated rings. The summed E-state index contributed by atoms with van der Waals surface area (Å²) in [5, 5.41) is 3.44. The van der Waals surface area contributed by atoms with Gasteiger partial charge in [0.1, 0.15) is 0 Å². The number of fused-ring (bicyclic) bond motifs is 1. The first-order valence-electron chi connectivity index (χ1n) is 12.4. The van der Waals surface area contributed by atoms with Crippen molar-refractivity contribution in [1.82, 2.24) is 24.7 Å². The van der Waals surface area contributed by atoms with Crippen molar-refractivity contribution in [1.29, 1.82) is 0 Å². The summed E-state index contributed by atoms with van der Waals surface area (Å²) in [7, 11) is 0. The minimum absolute atomic E-state index is 0. The number of nitrogens with zero attached hydrogens (tertiary/aromatic N) is 4. The molecule has 1 N–H and O–H groups in total. The van der Waals surface area contributed by atoms with Crippen molar-refractivity contribution < 1.29 is 14.3 Å². The van der Waals surface area contributed by atoms with Crippen molar-refractivity contribution >= 4 is 47.7 Å². The lowest BCUT2D eigenvalue weighted by molar-refractivity contribution is -0.140. The van der Waals surface area contributed by atoms with E-state index in [4.69, 9.17) is 9.72 Å². The fraction of sp³-hybridized carbons (Fsp3) is 0.640. The first-order valence-corrected chi connectivity index (χ1v) is 12.4. The molecule has 35 heavy (non-hydrogen) atoms. The molecule has 2 aromatic rings. The molecule has 2 atom stereocenters. The Morgan fingerprint density at radius 1 is 1.14 bits per heavy atom. The molecule has 2 saturated heterocycles. The van der Waals surface area contributed by atoms with Gasteiger partial charge in [-0.05, 0) is 37.3 Å².